The summed E-state index contributed by atoms with van der Waals surface area (Å²) in [5.74, 6) is 1.50. The van der Waals surface area contributed by atoms with Crippen LogP contribution in [-0.2, 0) is 4.74 Å². The Morgan fingerprint density at radius 2 is 1.95 bits per heavy atom. The van der Waals surface area contributed by atoms with E-state index in [0.717, 1.165) is 36.4 Å². The first-order chi connectivity index (χ1) is 10.2. The fourth-order valence-corrected chi connectivity index (χ4v) is 3.33. The van der Waals surface area contributed by atoms with Crippen molar-refractivity contribution < 1.29 is 14.2 Å². The second-order valence-corrected chi connectivity index (χ2v) is 6.02. The highest BCUT2D eigenvalue weighted by Crippen LogP contribution is 2.40. The molecule has 0 aromatic heterocycles. The van der Waals surface area contributed by atoms with Crippen molar-refractivity contribution in [3.8, 4) is 11.5 Å². The number of halogens is 1. The highest BCUT2D eigenvalue weighted by Gasteiger charge is 2.32. The Morgan fingerprint density at radius 1 is 1.24 bits per heavy atom. The van der Waals surface area contributed by atoms with Crippen molar-refractivity contribution in [3.63, 3.8) is 0 Å². The molecular formula is C16H22ClNO3. The summed E-state index contributed by atoms with van der Waals surface area (Å²) in [6.45, 7) is 6.23. The number of likely N-dealkylation sites (N-methyl/N-ethyl adjacent to an activating group) is 1. The monoisotopic (exact) mass is 311 g/mol. The number of rotatable bonds is 4. The molecule has 1 fully saturated rings. The molecule has 2 aliphatic heterocycles. The Kier molecular flexibility index (Phi) is 4.57. The molecule has 0 radical (unpaired) electrons. The van der Waals surface area contributed by atoms with Crippen molar-refractivity contribution in [2.24, 2.45) is 0 Å². The molecule has 116 valence electrons. The Bertz CT molecular complexity index is 509. The number of fused-ring (bicyclic) bond motifs is 1. The predicted molar refractivity (Wildman–Crippen MR) is 82.4 cm³/mol. The maximum Gasteiger partial charge on any atom is 0.162 e. The minimum Gasteiger partial charge on any atom is -0.486 e. The van der Waals surface area contributed by atoms with Crippen molar-refractivity contribution in [2.45, 2.75) is 44.9 Å². The Balaban J connectivity index is 1.91. The van der Waals surface area contributed by atoms with Crippen LogP contribution in [0.2, 0.25) is 5.02 Å². The van der Waals surface area contributed by atoms with Gasteiger partial charge in [-0.15, -0.1) is 0 Å². The van der Waals surface area contributed by atoms with E-state index in [0.29, 0.717) is 24.3 Å². The van der Waals surface area contributed by atoms with Gasteiger partial charge >= 0.3 is 0 Å². The van der Waals surface area contributed by atoms with Gasteiger partial charge in [-0.2, -0.15) is 0 Å². The summed E-state index contributed by atoms with van der Waals surface area (Å²) in [6, 6.07) is 3.94. The van der Waals surface area contributed by atoms with Crippen LogP contribution in [0.15, 0.2) is 12.1 Å². The Morgan fingerprint density at radius 3 is 2.57 bits per heavy atom. The molecular weight excluding hydrogens is 290 g/mol. The predicted octanol–water partition coefficient (Wildman–Crippen LogP) is 3.33. The normalized spacial score (nSPS) is 25.9. The summed E-state index contributed by atoms with van der Waals surface area (Å²) in [4.78, 5) is 0. The molecule has 4 nitrogen and oxygen atoms in total. The van der Waals surface area contributed by atoms with E-state index in [-0.39, 0.29) is 12.1 Å². The van der Waals surface area contributed by atoms with Crippen LogP contribution in [0.25, 0.3) is 0 Å². The molecule has 3 atom stereocenters. The molecule has 5 heteroatoms. The number of benzene rings is 1. The lowest BCUT2D eigenvalue weighted by molar-refractivity contribution is 0.0318. The zero-order valence-electron chi connectivity index (χ0n) is 12.5. The fourth-order valence-electron chi connectivity index (χ4n) is 3.06. The molecule has 0 amide bonds. The third-order valence-electron chi connectivity index (χ3n) is 4.06. The van der Waals surface area contributed by atoms with E-state index in [9.17, 15) is 0 Å². The van der Waals surface area contributed by atoms with Gasteiger partial charge < -0.3 is 19.5 Å². The first kappa shape index (κ1) is 14.9. The van der Waals surface area contributed by atoms with Gasteiger partial charge in [0.1, 0.15) is 13.2 Å². The number of nitrogens with one attached hydrogen (secondary N) is 1. The highest BCUT2D eigenvalue weighted by atomic mass is 35.5. The zero-order valence-corrected chi connectivity index (χ0v) is 13.3. The molecule has 2 aliphatic rings. The molecule has 2 heterocycles. The van der Waals surface area contributed by atoms with Gasteiger partial charge in [0, 0.05) is 11.1 Å². The summed E-state index contributed by atoms with van der Waals surface area (Å²) in [5, 5.41) is 4.21. The van der Waals surface area contributed by atoms with Crippen LogP contribution in [0.1, 0.15) is 38.3 Å². The van der Waals surface area contributed by atoms with Gasteiger partial charge in [-0.3, -0.25) is 0 Å². The van der Waals surface area contributed by atoms with Gasteiger partial charge in [0.25, 0.3) is 0 Å². The summed E-state index contributed by atoms with van der Waals surface area (Å²) in [6.07, 6.45) is 2.60. The van der Waals surface area contributed by atoms with Crippen molar-refractivity contribution in [1.82, 2.24) is 5.32 Å². The van der Waals surface area contributed by atoms with Gasteiger partial charge in [0.2, 0.25) is 0 Å². The van der Waals surface area contributed by atoms with Crippen LogP contribution in [0.4, 0.5) is 0 Å². The topological polar surface area (TPSA) is 39.7 Å². The Hall–Kier alpha value is -0.970. The fraction of sp³-hybridized carbons (Fsp3) is 0.625. The number of hydrogen-bond acceptors (Lipinski definition) is 4. The third-order valence-corrected chi connectivity index (χ3v) is 4.38. The van der Waals surface area contributed by atoms with Gasteiger partial charge in [-0.1, -0.05) is 18.5 Å². The van der Waals surface area contributed by atoms with Crippen LogP contribution < -0.4 is 14.8 Å². The largest absolute Gasteiger partial charge is 0.486 e. The van der Waals surface area contributed by atoms with Crippen molar-refractivity contribution in [3.05, 3.63) is 22.7 Å². The minimum absolute atomic E-state index is 0.0864. The smallest absolute Gasteiger partial charge is 0.162 e. The summed E-state index contributed by atoms with van der Waals surface area (Å²) >= 11 is 6.48. The maximum absolute atomic E-state index is 6.48. The lowest BCUT2D eigenvalue weighted by Gasteiger charge is -2.27. The van der Waals surface area contributed by atoms with E-state index in [1.807, 2.05) is 12.1 Å². The van der Waals surface area contributed by atoms with E-state index in [1.165, 1.54) is 0 Å². The highest BCUT2D eigenvalue weighted by molar-refractivity contribution is 6.31. The van der Waals surface area contributed by atoms with Crippen LogP contribution in [0, 0.1) is 0 Å². The van der Waals surface area contributed by atoms with E-state index in [4.69, 9.17) is 25.8 Å². The maximum atomic E-state index is 6.48. The van der Waals surface area contributed by atoms with Gasteiger partial charge in [-0.25, -0.2) is 0 Å². The molecule has 1 aromatic carbocycles. The standard InChI is InChI=1S/C16H22ClNO3/c1-3-18-16(13-5-4-10(2)21-13)11-8-14-15(9-12(11)17)20-7-6-19-14/h8-10,13,16,18H,3-7H2,1-2H3. The lowest BCUT2D eigenvalue weighted by Crippen LogP contribution is -2.32. The molecule has 0 spiro atoms. The van der Waals surface area contributed by atoms with Crippen LogP contribution in [-0.4, -0.2) is 32.0 Å². The van der Waals surface area contributed by atoms with Crippen LogP contribution >= 0.6 is 11.6 Å². The second-order valence-electron chi connectivity index (χ2n) is 5.62. The van der Waals surface area contributed by atoms with Gasteiger partial charge in [0.15, 0.2) is 11.5 Å². The molecule has 0 bridgehead atoms. The van der Waals surface area contributed by atoms with Crippen molar-refractivity contribution in [1.29, 1.82) is 0 Å². The quantitative estimate of drug-likeness (QED) is 0.926. The van der Waals surface area contributed by atoms with E-state index >= 15 is 0 Å². The van der Waals surface area contributed by atoms with Crippen molar-refractivity contribution >= 4 is 11.6 Å². The minimum atomic E-state index is 0.0864. The molecule has 21 heavy (non-hydrogen) atoms. The summed E-state index contributed by atoms with van der Waals surface area (Å²) < 4.78 is 17.3. The third kappa shape index (κ3) is 3.12. The second kappa shape index (κ2) is 6.42. The van der Waals surface area contributed by atoms with E-state index < -0.39 is 0 Å². The van der Waals surface area contributed by atoms with Crippen molar-refractivity contribution in [2.75, 3.05) is 19.8 Å². The Labute approximate surface area is 130 Å². The molecule has 1 saturated heterocycles. The average molecular weight is 312 g/mol. The molecule has 1 aromatic rings. The van der Waals surface area contributed by atoms with Gasteiger partial charge in [-0.05, 0) is 37.9 Å². The van der Waals surface area contributed by atoms with Crippen LogP contribution in [0.3, 0.4) is 0 Å². The number of hydrogen-bond donors (Lipinski definition) is 1. The SMILES string of the molecule is CCNC(c1cc2c(cc1Cl)OCCO2)C1CCC(C)O1. The number of ether oxygens (including phenoxy) is 3. The molecule has 3 rings (SSSR count). The summed E-state index contributed by atoms with van der Waals surface area (Å²) in [5.41, 5.74) is 1.03. The van der Waals surface area contributed by atoms with Gasteiger partial charge in [0.05, 0.1) is 18.2 Å². The molecule has 0 saturated carbocycles. The van der Waals surface area contributed by atoms with E-state index in [1.54, 1.807) is 0 Å². The lowest BCUT2D eigenvalue weighted by atomic mass is 9.98. The zero-order chi connectivity index (χ0) is 14.8. The summed E-state index contributed by atoms with van der Waals surface area (Å²) in [7, 11) is 0. The molecule has 1 N–H and O–H groups in total. The molecule has 3 unspecified atom stereocenters. The first-order valence-electron chi connectivity index (χ1n) is 7.67. The van der Waals surface area contributed by atoms with E-state index in [2.05, 4.69) is 19.2 Å². The first-order valence-corrected chi connectivity index (χ1v) is 8.04. The van der Waals surface area contributed by atoms with Crippen LogP contribution in [0.5, 0.6) is 11.5 Å². The average Bonchev–Trinajstić information content (AvgIpc) is 2.91. The molecule has 0 aliphatic carbocycles.